The molecule has 0 unspecified atom stereocenters. The molecule has 1 aromatic carbocycles. The molecule has 1 amide bonds. The molecule has 2 saturated heterocycles. The van der Waals surface area contributed by atoms with Gasteiger partial charge in [-0.1, -0.05) is 12.1 Å². The number of hydrogen-bond donors (Lipinski definition) is 1. The van der Waals surface area contributed by atoms with Gasteiger partial charge in [-0.2, -0.15) is 0 Å². The first-order valence-electron chi connectivity index (χ1n) is 5.79. The van der Waals surface area contributed by atoms with Crippen LogP contribution in [-0.2, 0) is 16.0 Å². The summed E-state index contributed by atoms with van der Waals surface area (Å²) < 4.78 is 0. The number of carboxylic acids is 1. The third-order valence-electron chi connectivity index (χ3n) is 3.61. The second-order valence-corrected chi connectivity index (χ2v) is 4.77. The largest absolute Gasteiger partial charge is 0.481 e. The predicted molar refractivity (Wildman–Crippen MR) is 61.8 cm³/mol. The van der Waals surface area contributed by atoms with Crippen LogP contribution in [0, 0.1) is 5.92 Å². The van der Waals surface area contributed by atoms with Crippen LogP contribution in [0.5, 0.6) is 0 Å². The van der Waals surface area contributed by atoms with Crippen molar-refractivity contribution < 1.29 is 14.7 Å². The summed E-state index contributed by atoms with van der Waals surface area (Å²) in [5.41, 5.74) is 1.59. The van der Waals surface area contributed by atoms with E-state index in [0.29, 0.717) is 6.04 Å². The number of benzene rings is 1. The molecular weight excluding hydrogens is 218 g/mol. The van der Waals surface area contributed by atoms with Gasteiger partial charge in [-0.25, -0.2) is 0 Å². The normalized spacial score (nSPS) is 25.9. The predicted octanol–water partition coefficient (Wildman–Crippen LogP) is 1.44. The van der Waals surface area contributed by atoms with Crippen molar-refractivity contribution >= 4 is 17.6 Å². The fourth-order valence-corrected chi connectivity index (χ4v) is 2.71. The molecule has 1 N–H and O–H groups in total. The minimum Gasteiger partial charge on any atom is -0.481 e. The van der Waals surface area contributed by atoms with Crippen LogP contribution in [0.3, 0.4) is 0 Å². The van der Waals surface area contributed by atoms with E-state index in [-0.39, 0.29) is 18.2 Å². The molecule has 4 heteroatoms. The fraction of sp³-hybridized carbons (Fsp3) is 0.385. The molecule has 1 aromatic rings. The summed E-state index contributed by atoms with van der Waals surface area (Å²) in [6.07, 6.45) is 1.92. The molecule has 17 heavy (non-hydrogen) atoms. The van der Waals surface area contributed by atoms with Gasteiger partial charge in [-0.05, 0) is 30.5 Å². The lowest BCUT2D eigenvalue weighted by Crippen LogP contribution is -2.29. The summed E-state index contributed by atoms with van der Waals surface area (Å²) in [5, 5.41) is 8.75. The zero-order chi connectivity index (χ0) is 12.0. The van der Waals surface area contributed by atoms with Crippen molar-refractivity contribution in [1.82, 2.24) is 0 Å². The highest BCUT2D eigenvalue weighted by Gasteiger charge is 2.50. The molecule has 2 bridgehead atoms. The third kappa shape index (κ3) is 1.60. The van der Waals surface area contributed by atoms with E-state index >= 15 is 0 Å². The Balaban J connectivity index is 1.88. The molecule has 0 radical (unpaired) electrons. The maximum Gasteiger partial charge on any atom is 0.307 e. The smallest absolute Gasteiger partial charge is 0.307 e. The van der Waals surface area contributed by atoms with Crippen LogP contribution in [0.1, 0.15) is 18.4 Å². The molecule has 88 valence electrons. The van der Waals surface area contributed by atoms with E-state index in [1.54, 1.807) is 6.07 Å². The van der Waals surface area contributed by atoms with Gasteiger partial charge in [0.15, 0.2) is 0 Å². The summed E-state index contributed by atoms with van der Waals surface area (Å²) in [6, 6.07) is 7.63. The standard InChI is InChI=1S/C13H13NO3/c15-12(16)5-8-2-1-3-10(4-8)14-11-6-9(7-11)13(14)17/h1-4,9,11H,5-7H2,(H,15,16). The highest BCUT2D eigenvalue weighted by molar-refractivity contribution is 6.00. The van der Waals surface area contributed by atoms with E-state index in [2.05, 4.69) is 0 Å². The van der Waals surface area contributed by atoms with Gasteiger partial charge in [0, 0.05) is 17.6 Å². The Hall–Kier alpha value is -1.84. The first kappa shape index (κ1) is 10.3. The van der Waals surface area contributed by atoms with E-state index in [1.165, 1.54) is 0 Å². The number of nitrogens with zero attached hydrogens (tertiary/aromatic N) is 1. The van der Waals surface area contributed by atoms with E-state index in [1.807, 2.05) is 23.1 Å². The van der Waals surface area contributed by atoms with E-state index < -0.39 is 5.97 Å². The van der Waals surface area contributed by atoms with Crippen molar-refractivity contribution in [3.05, 3.63) is 29.8 Å². The maximum atomic E-state index is 11.9. The Morgan fingerprint density at radius 2 is 2.18 bits per heavy atom. The van der Waals surface area contributed by atoms with Crippen LogP contribution >= 0.6 is 0 Å². The maximum absolute atomic E-state index is 11.9. The number of carboxylic acid groups (broad SMARTS) is 1. The SMILES string of the molecule is O=C(O)Cc1cccc(N2C(=O)C3CC2C3)c1. The minimum atomic E-state index is -0.848. The average Bonchev–Trinajstić information content (AvgIpc) is 2.68. The fourth-order valence-electron chi connectivity index (χ4n) is 2.71. The second kappa shape index (κ2) is 3.58. The van der Waals surface area contributed by atoms with Gasteiger partial charge >= 0.3 is 5.97 Å². The van der Waals surface area contributed by atoms with Gasteiger partial charge in [0.25, 0.3) is 0 Å². The number of amides is 1. The van der Waals surface area contributed by atoms with E-state index in [9.17, 15) is 9.59 Å². The molecule has 0 atom stereocenters. The molecule has 2 heterocycles. The van der Waals surface area contributed by atoms with Crippen LogP contribution in [0.4, 0.5) is 5.69 Å². The molecule has 1 aliphatic carbocycles. The van der Waals surface area contributed by atoms with Crippen molar-refractivity contribution in [2.75, 3.05) is 4.90 Å². The number of carbonyl (C=O) groups is 2. The number of hydrogen-bond acceptors (Lipinski definition) is 2. The van der Waals surface area contributed by atoms with Crippen LogP contribution < -0.4 is 4.90 Å². The molecule has 2 aliphatic heterocycles. The average molecular weight is 231 g/mol. The van der Waals surface area contributed by atoms with Crippen molar-refractivity contribution in [2.24, 2.45) is 5.92 Å². The molecule has 1 saturated carbocycles. The van der Waals surface area contributed by atoms with Crippen LogP contribution in [-0.4, -0.2) is 23.0 Å². The monoisotopic (exact) mass is 231 g/mol. The van der Waals surface area contributed by atoms with Crippen molar-refractivity contribution in [3.8, 4) is 0 Å². The van der Waals surface area contributed by atoms with Crippen molar-refractivity contribution in [2.45, 2.75) is 25.3 Å². The number of anilines is 1. The molecule has 0 spiro atoms. The van der Waals surface area contributed by atoms with Gasteiger partial charge in [0.1, 0.15) is 0 Å². The Kier molecular flexibility index (Phi) is 2.18. The topological polar surface area (TPSA) is 57.6 Å². The van der Waals surface area contributed by atoms with Crippen LogP contribution in [0.25, 0.3) is 0 Å². The Labute approximate surface area is 98.9 Å². The third-order valence-corrected chi connectivity index (χ3v) is 3.61. The van der Waals surface area contributed by atoms with E-state index in [4.69, 9.17) is 5.11 Å². The summed E-state index contributed by atoms with van der Waals surface area (Å²) in [6.45, 7) is 0. The zero-order valence-corrected chi connectivity index (χ0v) is 9.30. The summed E-state index contributed by atoms with van der Waals surface area (Å²) in [4.78, 5) is 24.4. The van der Waals surface area contributed by atoms with E-state index in [0.717, 1.165) is 24.1 Å². The molecule has 4 rings (SSSR count). The lowest BCUT2D eigenvalue weighted by Gasteiger charge is -2.25. The summed E-state index contributed by atoms with van der Waals surface area (Å²) in [5.74, 6) is -0.440. The van der Waals surface area contributed by atoms with Gasteiger partial charge in [0.05, 0.1) is 6.42 Å². The number of aliphatic carboxylic acids is 1. The Morgan fingerprint density at radius 1 is 1.41 bits per heavy atom. The molecular formula is C13H13NO3. The molecule has 3 aliphatic rings. The highest BCUT2D eigenvalue weighted by Crippen LogP contribution is 2.44. The Morgan fingerprint density at radius 3 is 2.76 bits per heavy atom. The van der Waals surface area contributed by atoms with Gasteiger partial charge in [0.2, 0.25) is 5.91 Å². The summed E-state index contributed by atoms with van der Waals surface area (Å²) >= 11 is 0. The first-order chi connectivity index (χ1) is 8.15. The van der Waals surface area contributed by atoms with Crippen LogP contribution in [0.2, 0.25) is 0 Å². The lowest BCUT2D eigenvalue weighted by atomic mass is 9.86. The summed E-state index contributed by atoms with van der Waals surface area (Å²) in [7, 11) is 0. The first-order valence-corrected chi connectivity index (χ1v) is 5.79. The molecule has 4 nitrogen and oxygen atoms in total. The molecule has 0 aromatic heterocycles. The molecule has 3 fully saturated rings. The number of rotatable bonds is 3. The Bertz CT molecular complexity index is 491. The van der Waals surface area contributed by atoms with Gasteiger partial charge in [-0.3, -0.25) is 9.59 Å². The highest BCUT2D eigenvalue weighted by atomic mass is 16.4. The number of carbonyl (C=O) groups excluding carboxylic acids is 1. The lowest BCUT2D eigenvalue weighted by molar-refractivity contribution is -0.136. The quantitative estimate of drug-likeness (QED) is 0.856. The zero-order valence-electron chi connectivity index (χ0n) is 9.30. The number of fused-ring (bicyclic) bond motifs is 1. The minimum absolute atomic E-state index is 0.00393. The van der Waals surface area contributed by atoms with Crippen molar-refractivity contribution in [3.63, 3.8) is 0 Å². The van der Waals surface area contributed by atoms with Crippen molar-refractivity contribution in [1.29, 1.82) is 0 Å². The second-order valence-electron chi connectivity index (χ2n) is 4.77. The van der Waals surface area contributed by atoms with Crippen LogP contribution in [0.15, 0.2) is 24.3 Å². The van der Waals surface area contributed by atoms with Gasteiger partial charge in [-0.15, -0.1) is 0 Å². The van der Waals surface area contributed by atoms with Gasteiger partial charge < -0.3 is 10.0 Å².